The maximum atomic E-state index is 9.12. The largest absolute Gasteiger partial charge is 0.389 e. The van der Waals surface area contributed by atoms with Gasteiger partial charge in [0.05, 0.1) is 25.2 Å². The van der Waals surface area contributed by atoms with Gasteiger partial charge in [0.1, 0.15) is 0 Å². The Labute approximate surface area is 89.5 Å². The van der Waals surface area contributed by atoms with E-state index in [1.54, 1.807) is 0 Å². The molecule has 2 nitrogen and oxygen atoms in total. The van der Waals surface area contributed by atoms with Crippen LogP contribution >= 0.6 is 11.6 Å². The lowest BCUT2D eigenvalue weighted by Crippen LogP contribution is -2.16. The number of rotatable bonds is 5. The zero-order valence-corrected chi connectivity index (χ0v) is 9.00. The van der Waals surface area contributed by atoms with Gasteiger partial charge in [0.25, 0.3) is 0 Å². The number of aryl methyl sites for hydroxylation is 1. The van der Waals surface area contributed by atoms with E-state index >= 15 is 0 Å². The first-order valence-corrected chi connectivity index (χ1v) is 5.13. The van der Waals surface area contributed by atoms with E-state index in [2.05, 4.69) is 0 Å². The first kappa shape index (κ1) is 11.5. The van der Waals surface area contributed by atoms with Gasteiger partial charge < -0.3 is 9.84 Å². The van der Waals surface area contributed by atoms with Gasteiger partial charge in [-0.25, -0.2) is 0 Å². The van der Waals surface area contributed by atoms with Crippen molar-refractivity contribution in [2.24, 2.45) is 0 Å². The molecule has 0 saturated carbocycles. The molecular formula is C11H15ClO2. The Morgan fingerprint density at radius 3 is 2.57 bits per heavy atom. The standard InChI is InChI=1S/C11H15ClO2/c1-9-2-4-10(5-3-9)7-14-8-11(13)6-12/h2-5,11,13H,6-8H2,1H3/t11-/m0/s1. The number of benzene rings is 1. The number of hydrogen-bond donors (Lipinski definition) is 1. The molecule has 1 aromatic rings. The van der Waals surface area contributed by atoms with Crippen molar-refractivity contribution in [2.75, 3.05) is 12.5 Å². The van der Waals surface area contributed by atoms with E-state index in [4.69, 9.17) is 21.4 Å². The summed E-state index contributed by atoms with van der Waals surface area (Å²) in [6.07, 6.45) is -0.567. The molecule has 1 atom stereocenters. The third-order valence-electron chi connectivity index (χ3n) is 1.88. The first-order chi connectivity index (χ1) is 6.72. The summed E-state index contributed by atoms with van der Waals surface area (Å²) in [5.41, 5.74) is 2.34. The van der Waals surface area contributed by atoms with E-state index in [0.29, 0.717) is 6.61 Å². The van der Waals surface area contributed by atoms with Gasteiger partial charge in [-0.1, -0.05) is 29.8 Å². The summed E-state index contributed by atoms with van der Waals surface area (Å²) < 4.78 is 5.28. The van der Waals surface area contributed by atoms with Crippen LogP contribution in [0.4, 0.5) is 0 Å². The molecule has 1 rings (SSSR count). The van der Waals surface area contributed by atoms with E-state index in [1.807, 2.05) is 31.2 Å². The second-order valence-electron chi connectivity index (χ2n) is 3.31. The second-order valence-corrected chi connectivity index (χ2v) is 3.62. The molecule has 0 amide bonds. The predicted molar refractivity (Wildman–Crippen MR) is 57.6 cm³/mol. The third kappa shape index (κ3) is 4.09. The Morgan fingerprint density at radius 2 is 2.00 bits per heavy atom. The van der Waals surface area contributed by atoms with Crippen LogP contribution < -0.4 is 0 Å². The quantitative estimate of drug-likeness (QED) is 0.761. The fourth-order valence-corrected chi connectivity index (χ4v) is 1.13. The molecule has 0 heterocycles. The van der Waals surface area contributed by atoms with Crippen LogP contribution in [-0.4, -0.2) is 23.7 Å². The lowest BCUT2D eigenvalue weighted by Gasteiger charge is -2.07. The lowest BCUT2D eigenvalue weighted by atomic mass is 10.2. The molecule has 1 aromatic carbocycles. The zero-order valence-electron chi connectivity index (χ0n) is 8.24. The fraction of sp³-hybridized carbons (Fsp3) is 0.455. The molecule has 0 radical (unpaired) electrons. The molecule has 0 bridgehead atoms. The molecule has 0 aliphatic heterocycles. The van der Waals surface area contributed by atoms with Crippen LogP contribution in [0.2, 0.25) is 0 Å². The Balaban J connectivity index is 2.28. The molecule has 0 fully saturated rings. The zero-order chi connectivity index (χ0) is 10.4. The van der Waals surface area contributed by atoms with Crippen LogP contribution in [0.5, 0.6) is 0 Å². The van der Waals surface area contributed by atoms with E-state index in [9.17, 15) is 0 Å². The minimum absolute atomic E-state index is 0.216. The topological polar surface area (TPSA) is 29.5 Å². The summed E-state index contributed by atoms with van der Waals surface area (Å²) in [4.78, 5) is 0. The van der Waals surface area contributed by atoms with Crippen molar-refractivity contribution in [1.82, 2.24) is 0 Å². The number of hydrogen-bond acceptors (Lipinski definition) is 2. The molecule has 1 N–H and O–H groups in total. The number of ether oxygens (including phenoxy) is 1. The number of alkyl halides is 1. The van der Waals surface area contributed by atoms with Crippen molar-refractivity contribution < 1.29 is 9.84 Å². The van der Waals surface area contributed by atoms with Gasteiger partial charge >= 0.3 is 0 Å². The highest BCUT2D eigenvalue weighted by molar-refractivity contribution is 6.18. The first-order valence-electron chi connectivity index (χ1n) is 4.59. The van der Waals surface area contributed by atoms with Gasteiger partial charge in [0.15, 0.2) is 0 Å². The molecule has 78 valence electrons. The molecule has 3 heteroatoms. The molecule has 0 unspecified atom stereocenters. The van der Waals surface area contributed by atoms with Crippen molar-refractivity contribution in [2.45, 2.75) is 19.6 Å². The predicted octanol–water partition coefficient (Wildman–Crippen LogP) is 2.11. The Morgan fingerprint density at radius 1 is 1.36 bits per heavy atom. The number of aliphatic hydroxyl groups excluding tert-OH is 1. The van der Waals surface area contributed by atoms with Gasteiger partial charge in [-0.3, -0.25) is 0 Å². The summed E-state index contributed by atoms with van der Waals surface area (Å²) in [6.45, 7) is 2.85. The highest BCUT2D eigenvalue weighted by Gasteiger charge is 2.01. The minimum atomic E-state index is -0.567. The average molecular weight is 215 g/mol. The second kappa shape index (κ2) is 6.02. The molecule has 0 aliphatic carbocycles. The molecule has 0 aliphatic rings. The molecule has 14 heavy (non-hydrogen) atoms. The van der Waals surface area contributed by atoms with Crippen LogP contribution in [0.25, 0.3) is 0 Å². The van der Waals surface area contributed by atoms with E-state index in [-0.39, 0.29) is 12.5 Å². The van der Waals surface area contributed by atoms with Crippen molar-refractivity contribution in [3.05, 3.63) is 35.4 Å². The Kier molecular flexibility index (Phi) is 4.94. The van der Waals surface area contributed by atoms with E-state index in [0.717, 1.165) is 5.56 Å². The van der Waals surface area contributed by atoms with E-state index < -0.39 is 6.10 Å². The SMILES string of the molecule is Cc1ccc(COC[C@@H](O)CCl)cc1. The minimum Gasteiger partial charge on any atom is -0.389 e. The smallest absolute Gasteiger partial charge is 0.0908 e. The van der Waals surface area contributed by atoms with Crippen LogP contribution in [0.15, 0.2) is 24.3 Å². The Bertz CT molecular complexity index is 258. The lowest BCUT2D eigenvalue weighted by molar-refractivity contribution is 0.0392. The van der Waals surface area contributed by atoms with Crippen LogP contribution in [0.3, 0.4) is 0 Å². The maximum absolute atomic E-state index is 9.12. The van der Waals surface area contributed by atoms with Gasteiger partial charge in [0, 0.05) is 0 Å². The summed E-state index contributed by atoms with van der Waals surface area (Å²) in [5, 5.41) is 9.12. The fourth-order valence-electron chi connectivity index (χ4n) is 1.04. The monoisotopic (exact) mass is 214 g/mol. The molecule has 0 saturated heterocycles. The van der Waals surface area contributed by atoms with Gasteiger partial charge in [-0.05, 0) is 12.5 Å². The van der Waals surface area contributed by atoms with Crippen molar-refractivity contribution >= 4 is 11.6 Å². The van der Waals surface area contributed by atoms with Crippen LogP contribution in [-0.2, 0) is 11.3 Å². The normalized spacial score (nSPS) is 12.8. The molecule has 0 spiro atoms. The number of halogens is 1. The van der Waals surface area contributed by atoms with Crippen molar-refractivity contribution in [1.29, 1.82) is 0 Å². The summed E-state index contributed by atoms with van der Waals surface area (Å²) in [7, 11) is 0. The summed E-state index contributed by atoms with van der Waals surface area (Å²) in [6, 6.07) is 8.11. The maximum Gasteiger partial charge on any atom is 0.0908 e. The van der Waals surface area contributed by atoms with Crippen molar-refractivity contribution in [3.8, 4) is 0 Å². The average Bonchev–Trinajstić information content (AvgIpc) is 2.21. The van der Waals surface area contributed by atoms with E-state index in [1.165, 1.54) is 5.56 Å². The summed E-state index contributed by atoms with van der Waals surface area (Å²) in [5.74, 6) is 0.216. The molecule has 0 aromatic heterocycles. The van der Waals surface area contributed by atoms with Gasteiger partial charge in [0.2, 0.25) is 0 Å². The summed E-state index contributed by atoms with van der Waals surface area (Å²) >= 11 is 5.42. The van der Waals surface area contributed by atoms with Crippen LogP contribution in [0, 0.1) is 6.92 Å². The van der Waals surface area contributed by atoms with Crippen LogP contribution in [0.1, 0.15) is 11.1 Å². The number of aliphatic hydroxyl groups is 1. The van der Waals surface area contributed by atoms with Gasteiger partial charge in [-0.2, -0.15) is 0 Å². The highest BCUT2D eigenvalue weighted by Crippen LogP contribution is 2.04. The van der Waals surface area contributed by atoms with Gasteiger partial charge in [-0.15, -0.1) is 11.6 Å². The molecular weight excluding hydrogens is 200 g/mol. The highest BCUT2D eigenvalue weighted by atomic mass is 35.5. The van der Waals surface area contributed by atoms with Crippen molar-refractivity contribution in [3.63, 3.8) is 0 Å². The Hall–Kier alpha value is -0.570. The third-order valence-corrected chi connectivity index (χ3v) is 2.23.